The molecular formula is C25H27N5O3S. The van der Waals surface area contributed by atoms with E-state index in [1.165, 1.54) is 11.8 Å². The molecule has 0 aliphatic heterocycles. The molecule has 1 N–H and O–H groups in total. The Morgan fingerprint density at radius 3 is 2.62 bits per heavy atom. The second-order valence-corrected chi connectivity index (χ2v) is 9.00. The zero-order valence-corrected chi connectivity index (χ0v) is 20.2. The van der Waals surface area contributed by atoms with Gasteiger partial charge < -0.3 is 14.5 Å². The van der Waals surface area contributed by atoms with Gasteiger partial charge in [0.15, 0.2) is 11.0 Å². The van der Waals surface area contributed by atoms with Crippen molar-refractivity contribution in [3.05, 3.63) is 72.9 Å². The highest BCUT2D eigenvalue weighted by atomic mass is 32.2. The second-order valence-electron chi connectivity index (χ2n) is 7.89. The van der Waals surface area contributed by atoms with Crippen LogP contribution in [0.2, 0.25) is 0 Å². The quantitative estimate of drug-likeness (QED) is 0.329. The van der Waals surface area contributed by atoms with Crippen molar-refractivity contribution in [1.82, 2.24) is 25.1 Å². The average molecular weight is 478 g/mol. The van der Waals surface area contributed by atoms with Crippen LogP contribution in [0.4, 0.5) is 0 Å². The standard InChI is InChI=1S/C25H27N5O3S/c1-4-32-20-11-9-19(10-12-20)30-23(18-7-5-13-26-15-18)28-29-25(30)34-22(17(2)3)24(31)27-16-21-8-6-14-33-21/h5-15,17,22H,4,16H2,1-3H3,(H,27,31). The van der Waals surface area contributed by atoms with E-state index in [9.17, 15) is 4.79 Å². The zero-order chi connectivity index (χ0) is 23.9. The van der Waals surface area contributed by atoms with Crippen molar-refractivity contribution >= 4 is 17.7 Å². The third-order valence-electron chi connectivity index (χ3n) is 5.07. The molecule has 3 aromatic heterocycles. The molecule has 0 spiro atoms. The molecule has 1 unspecified atom stereocenters. The summed E-state index contributed by atoms with van der Waals surface area (Å²) < 4.78 is 12.9. The summed E-state index contributed by atoms with van der Waals surface area (Å²) in [6.45, 7) is 6.92. The highest BCUT2D eigenvalue weighted by Gasteiger charge is 2.27. The van der Waals surface area contributed by atoms with E-state index >= 15 is 0 Å². The summed E-state index contributed by atoms with van der Waals surface area (Å²) in [5.41, 5.74) is 1.70. The number of nitrogens with one attached hydrogen (secondary N) is 1. The highest BCUT2D eigenvalue weighted by Crippen LogP contribution is 2.33. The van der Waals surface area contributed by atoms with Crippen LogP contribution >= 0.6 is 11.8 Å². The van der Waals surface area contributed by atoms with Crippen molar-refractivity contribution in [1.29, 1.82) is 0 Å². The number of ether oxygens (including phenoxy) is 1. The van der Waals surface area contributed by atoms with Gasteiger partial charge in [-0.2, -0.15) is 0 Å². The Labute approximate surface area is 202 Å². The predicted molar refractivity (Wildman–Crippen MR) is 131 cm³/mol. The second kappa shape index (κ2) is 11.0. The molecule has 4 aromatic rings. The van der Waals surface area contributed by atoms with Crippen LogP contribution in [0.15, 0.2) is 76.8 Å². The maximum Gasteiger partial charge on any atom is 0.234 e. The van der Waals surface area contributed by atoms with Crippen LogP contribution in [0.1, 0.15) is 26.5 Å². The third-order valence-corrected chi connectivity index (χ3v) is 6.56. The number of carbonyl (C=O) groups excluding carboxylic acids is 1. The minimum atomic E-state index is -0.373. The molecule has 0 radical (unpaired) electrons. The van der Waals surface area contributed by atoms with Gasteiger partial charge in [-0.05, 0) is 61.4 Å². The number of hydrogen-bond acceptors (Lipinski definition) is 7. The molecule has 176 valence electrons. The first-order valence-electron chi connectivity index (χ1n) is 11.1. The molecule has 0 aliphatic rings. The van der Waals surface area contributed by atoms with E-state index in [-0.39, 0.29) is 17.1 Å². The van der Waals surface area contributed by atoms with Gasteiger partial charge in [-0.15, -0.1) is 10.2 Å². The van der Waals surface area contributed by atoms with Gasteiger partial charge in [0, 0.05) is 23.6 Å². The Kier molecular flexibility index (Phi) is 7.64. The van der Waals surface area contributed by atoms with Gasteiger partial charge in [0.2, 0.25) is 5.91 Å². The molecule has 9 heteroatoms. The first-order chi connectivity index (χ1) is 16.6. The summed E-state index contributed by atoms with van der Waals surface area (Å²) in [6, 6.07) is 15.2. The number of amides is 1. The van der Waals surface area contributed by atoms with Crippen molar-refractivity contribution < 1.29 is 13.9 Å². The minimum absolute atomic E-state index is 0.0638. The lowest BCUT2D eigenvalue weighted by atomic mass is 10.1. The van der Waals surface area contributed by atoms with Crippen LogP contribution in [-0.4, -0.2) is 37.5 Å². The van der Waals surface area contributed by atoms with Gasteiger partial charge in [0.1, 0.15) is 11.5 Å². The van der Waals surface area contributed by atoms with E-state index in [0.717, 1.165) is 17.0 Å². The molecule has 1 atom stereocenters. The molecular weight excluding hydrogens is 450 g/mol. The van der Waals surface area contributed by atoms with E-state index in [1.54, 1.807) is 24.7 Å². The fraction of sp³-hybridized carbons (Fsp3) is 0.280. The van der Waals surface area contributed by atoms with Gasteiger partial charge >= 0.3 is 0 Å². The summed E-state index contributed by atoms with van der Waals surface area (Å²) in [5, 5.41) is 12.1. The number of hydrogen-bond donors (Lipinski definition) is 1. The van der Waals surface area contributed by atoms with Crippen molar-refractivity contribution in [2.75, 3.05) is 6.61 Å². The van der Waals surface area contributed by atoms with Gasteiger partial charge in [0.05, 0.1) is 24.7 Å². The van der Waals surface area contributed by atoms with E-state index in [4.69, 9.17) is 9.15 Å². The molecule has 1 amide bonds. The van der Waals surface area contributed by atoms with Gasteiger partial charge in [0.25, 0.3) is 0 Å². The van der Waals surface area contributed by atoms with Crippen LogP contribution in [0, 0.1) is 5.92 Å². The lowest BCUT2D eigenvalue weighted by Gasteiger charge is -2.20. The average Bonchev–Trinajstić information content (AvgIpc) is 3.52. The van der Waals surface area contributed by atoms with E-state index in [2.05, 4.69) is 20.5 Å². The fourth-order valence-electron chi connectivity index (χ4n) is 3.41. The van der Waals surface area contributed by atoms with Crippen molar-refractivity contribution in [3.8, 4) is 22.8 Å². The van der Waals surface area contributed by atoms with Gasteiger partial charge in [-0.1, -0.05) is 25.6 Å². The lowest BCUT2D eigenvalue weighted by molar-refractivity contribution is -0.121. The number of thioether (sulfide) groups is 1. The Bertz CT molecular complexity index is 1190. The summed E-state index contributed by atoms with van der Waals surface area (Å²) in [6.07, 6.45) is 5.06. The van der Waals surface area contributed by atoms with Crippen molar-refractivity contribution in [3.63, 3.8) is 0 Å². The maximum atomic E-state index is 13.1. The molecule has 0 fully saturated rings. The summed E-state index contributed by atoms with van der Waals surface area (Å²) in [5.74, 6) is 2.12. The SMILES string of the molecule is CCOc1ccc(-n2c(SC(C(=O)NCc3ccco3)C(C)C)nnc2-c2cccnc2)cc1. The Balaban J connectivity index is 1.65. The van der Waals surface area contributed by atoms with E-state index < -0.39 is 0 Å². The predicted octanol–water partition coefficient (Wildman–Crippen LogP) is 4.75. The molecule has 4 rings (SSSR count). The fourth-order valence-corrected chi connectivity index (χ4v) is 4.49. The first-order valence-corrected chi connectivity index (χ1v) is 12.0. The number of nitrogens with zero attached hydrogens (tertiary/aromatic N) is 4. The van der Waals surface area contributed by atoms with Gasteiger partial charge in [-0.25, -0.2) is 0 Å². The first kappa shape index (κ1) is 23.6. The van der Waals surface area contributed by atoms with E-state index in [1.807, 2.05) is 67.8 Å². The molecule has 34 heavy (non-hydrogen) atoms. The molecule has 1 aromatic carbocycles. The Morgan fingerprint density at radius 1 is 1.15 bits per heavy atom. The van der Waals surface area contributed by atoms with Crippen LogP contribution < -0.4 is 10.1 Å². The zero-order valence-electron chi connectivity index (χ0n) is 19.3. The summed E-state index contributed by atoms with van der Waals surface area (Å²) in [4.78, 5) is 17.3. The Morgan fingerprint density at radius 2 is 1.97 bits per heavy atom. The molecule has 0 aliphatic carbocycles. The largest absolute Gasteiger partial charge is 0.494 e. The van der Waals surface area contributed by atoms with Gasteiger partial charge in [-0.3, -0.25) is 14.3 Å². The highest BCUT2D eigenvalue weighted by molar-refractivity contribution is 8.00. The topological polar surface area (TPSA) is 95.1 Å². The molecule has 0 saturated heterocycles. The van der Waals surface area contributed by atoms with Crippen molar-refractivity contribution in [2.24, 2.45) is 5.92 Å². The van der Waals surface area contributed by atoms with Crippen molar-refractivity contribution in [2.45, 2.75) is 37.7 Å². The molecule has 0 saturated carbocycles. The van der Waals surface area contributed by atoms with Crippen LogP contribution in [0.3, 0.4) is 0 Å². The monoisotopic (exact) mass is 477 g/mol. The molecule has 3 heterocycles. The summed E-state index contributed by atoms with van der Waals surface area (Å²) >= 11 is 1.39. The Hall–Kier alpha value is -3.59. The molecule has 8 nitrogen and oxygen atoms in total. The normalized spacial score (nSPS) is 12.0. The number of aromatic nitrogens is 4. The van der Waals surface area contributed by atoms with Crippen LogP contribution in [0.25, 0.3) is 17.1 Å². The summed E-state index contributed by atoms with van der Waals surface area (Å²) in [7, 11) is 0. The van der Waals surface area contributed by atoms with E-state index in [0.29, 0.717) is 29.9 Å². The smallest absolute Gasteiger partial charge is 0.234 e. The lowest BCUT2D eigenvalue weighted by Crippen LogP contribution is -2.35. The minimum Gasteiger partial charge on any atom is -0.494 e. The molecule has 0 bridgehead atoms. The number of pyridine rings is 1. The van der Waals surface area contributed by atoms with Crippen LogP contribution in [0.5, 0.6) is 5.75 Å². The number of rotatable bonds is 10. The number of furan rings is 1. The number of benzene rings is 1. The third kappa shape index (κ3) is 5.48. The van der Waals surface area contributed by atoms with Crippen LogP contribution in [-0.2, 0) is 11.3 Å². The maximum absolute atomic E-state index is 13.1. The number of carbonyl (C=O) groups is 1.